The Morgan fingerprint density at radius 3 is 2.56 bits per heavy atom. The van der Waals surface area contributed by atoms with Crippen LogP contribution >= 0.6 is 0 Å². The molecule has 0 aliphatic carbocycles. The van der Waals surface area contributed by atoms with E-state index in [-0.39, 0.29) is 42.8 Å². The van der Waals surface area contributed by atoms with Gasteiger partial charge in [0.15, 0.2) is 0 Å². The quantitative estimate of drug-likeness (QED) is 0.156. The second-order valence-electron chi connectivity index (χ2n) is 2.79. The summed E-state index contributed by atoms with van der Waals surface area (Å²) in [5.74, 6) is -1.17. The molecule has 6 nitrogen and oxygen atoms in total. The van der Waals surface area contributed by atoms with E-state index in [0.717, 1.165) is 6.08 Å². The first-order chi connectivity index (χ1) is 6.85. The van der Waals surface area contributed by atoms with Gasteiger partial charge >= 0.3 is 35.5 Å². The molecule has 0 rings (SSSR count). The molecule has 0 aromatic carbocycles. The van der Waals surface area contributed by atoms with E-state index in [0.29, 0.717) is 0 Å². The molecule has 0 N–H and O–H groups in total. The fourth-order valence-corrected chi connectivity index (χ4v) is 1.01. The number of hydrogen-bond acceptors (Lipinski definition) is 6. The second-order valence-corrected chi connectivity index (χ2v) is 4.31. The Labute approximate surface area is 117 Å². The molecular weight excluding hydrogens is 247 g/mol. The first-order valence-corrected chi connectivity index (χ1v) is 5.77. The van der Waals surface area contributed by atoms with Crippen molar-refractivity contribution in [2.75, 3.05) is 19.0 Å². The van der Waals surface area contributed by atoms with Crippen molar-refractivity contribution in [3.05, 3.63) is 12.7 Å². The Hall–Kier alpha value is 0.0800. The van der Waals surface area contributed by atoms with E-state index < -0.39 is 27.9 Å². The summed E-state index contributed by atoms with van der Waals surface area (Å²) in [5, 5.41) is 0. The van der Waals surface area contributed by atoms with Crippen molar-refractivity contribution in [1.82, 2.24) is 0 Å². The molecular formula is C8H13NaO6S. The number of carbonyl (C=O) groups excluding carboxylic acids is 1. The van der Waals surface area contributed by atoms with Gasteiger partial charge in [-0.1, -0.05) is 6.58 Å². The molecule has 1 atom stereocenters. The molecule has 88 valence electrons. The van der Waals surface area contributed by atoms with Gasteiger partial charge in [-0.2, -0.15) is 0 Å². The van der Waals surface area contributed by atoms with Crippen LogP contribution in [0.1, 0.15) is 6.92 Å². The van der Waals surface area contributed by atoms with Gasteiger partial charge < -0.3 is 14.0 Å². The van der Waals surface area contributed by atoms with Crippen molar-refractivity contribution in [2.45, 2.75) is 13.0 Å². The number of ether oxygens (including phenoxy) is 2. The molecule has 1 unspecified atom stereocenters. The maximum absolute atomic E-state index is 10.7. The van der Waals surface area contributed by atoms with Crippen LogP contribution in [0.5, 0.6) is 0 Å². The standard InChI is InChI=1S/C8H14O6S.Na/c1-3-8(9)14-7(2)6-13-4-5-15(10,11)12;/h3,7H,1,4-6H2,2H3,(H,10,11,12);/q;+1/p-1. The molecule has 0 aliphatic rings. The maximum Gasteiger partial charge on any atom is 1.00 e. The first-order valence-electron chi connectivity index (χ1n) is 4.19. The SMILES string of the molecule is C=CC(=O)OC(C)COCCS(=O)(=O)[O-].[Na+]. The average Bonchev–Trinajstić information content (AvgIpc) is 2.11. The van der Waals surface area contributed by atoms with Gasteiger partial charge in [0.05, 0.1) is 29.1 Å². The van der Waals surface area contributed by atoms with Crippen molar-refractivity contribution in [2.24, 2.45) is 0 Å². The van der Waals surface area contributed by atoms with E-state index in [4.69, 9.17) is 9.47 Å². The van der Waals surface area contributed by atoms with Crippen LogP contribution in [-0.2, 0) is 24.4 Å². The summed E-state index contributed by atoms with van der Waals surface area (Å²) < 4.78 is 40.0. The van der Waals surface area contributed by atoms with Crippen molar-refractivity contribution in [1.29, 1.82) is 0 Å². The molecule has 0 heterocycles. The molecule has 0 aliphatic heterocycles. The Balaban J connectivity index is 0. The van der Waals surface area contributed by atoms with Gasteiger partial charge in [0.1, 0.15) is 6.10 Å². The van der Waals surface area contributed by atoms with Gasteiger partial charge in [0, 0.05) is 6.08 Å². The molecule has 8 heteroatoms. The second kappa shape index (κ2) is 9.15. The zero-order valence-corrected chi connectivity index (χ0v) is 12.2. The van der Waals surface area contributed by atoms with Crippen molar-refractivity contribution < 1.29 is 56.8 Å². The van der Waals surface area contributed by atoms with E-state index >= 15 is 0 Å². The first kappa shape index (κ1) is 18.4. The fourth-order valence-electron chi connectivity index (χ4n) is 0.691. The smallest absolute Gasteiger partial charge is 0.748 e. The summed E-state index contributed by atoms with van der Waals surface area (Å²) in [5.41, 5.74) is 0. The van der Waals surface area contributed by atoms with Crippen molar-refractivity contribution >= 4 is 16.1 Å². The topological polar surface area (TPSA) is 92.7 Å². The zero-order chi connectivity index (χ0) is 11.9. The maximum atomic E-state index is 10.7. The van der Waals surface area contributed by atoms with Crippen LogP contribution in [0.15, 0.2) is 12.7 Å². The predicted molar refractivity (Wildman–Crippen MR) is 51.1 cm³/mol. The predicted octanol–water partition coefficient (Wildman–Crippen LogP) is -3.33. The van der Waals surface area contributed by atoms with Crippen LogP contribution in [-0.4, -0.2) is 44.0 Å². The number of esters is 1. The van der Waals surface area contributed by atoms with Crippen LogP contribution in [0.4, 0.5) is 0 Å². The third kappa shape index (κ3) is 12.2. The van der Waals surface area contributed by atoms with Gasteiger partial charge in [-0.05, 0) is 6.92 Å². The third-order valence-corrected chi connectivity index (χ3v) is 1.98. The minimum atomic E-state index is -4.25. The summed E-state index contributed by atoms with van der Waals surface area (Å²) in [6.07, 6.45) is 0.503. The summed E-state index contributed by atoms with van der Waals surface area (Å²) in [6.45, 7) is 4.61. The van der Waals surface area contributed by atoms with Crippen molar-refractivity contribution in [3.63, 3.8) is 0 Å². The summed E-state index contributed by atoms with van der Waals surface area (Å²) >= 11 is 0. The Morgan fingerprint density at radius 1 is 1.56 bits per heavy atom. The number of carbonyl (C=O) groups is 1. The van der Waals surface area contributed by atoms with E-state index in [1.54, 1.807) is 6.92 Å². The molecule has 0 aromatic heterocycles. The zero-order valence-electron chi connectivity index (χ0n) is 9.34. The Kier molecular flexibility index (Phi) is 10.5. The molecule has 0 radical (unpaired) electrons. The molecule has 16 heavy (non-hydrogen) atoms. The van der Waals surface area contributed by atoms with E-state index in [1.807, 2.05) is 0 Å². The fraction of sp³-hybridized carbons (Fsp3) is 0.625. The monoisotopic (exact) mass is 260 g/mol. The van der Waals surface area contributed by atoms with Crippen LogP contribution < -0.4 is 29.6 Å². The molecule has 0 amide bonds. The van der Waals surface area contributed by atoms with Crippen LogP contribution in [0, 0.1) is 0 Å². The Morgan fingerprint density at radius 2 is 2.12 bits per heavy atom. The molecule has 0 aromatic rings. The minimum Gasteiger partial charge on any atom is -0.748 e. The van der Waals surface area contributed by atoms with Crippen LogP contribution in [0.25, 0.3) is 0 Å². The number of rotatable bonds is 7. The van der Waals surface area contributed by atoms with Gasteiger partial charge in [-0.3, -0.25) is 0 Å². The summed E-state index contributed by atoms with van der Waals surface area (Å²) in [7, 11) is -4.25. The van der Waals surface area contributed by atoms with E-state index in [1.165, 1.54) is 0 Å². The van der Waals surface area contributed by atoms with Crippen LogP contribution in [0.2, 0.25) is 0 Å². The van der Waals surface area contributed by atoms with Crippen LogP contribution in [0.3, 0.4) is 0 Å². The third-order valence-electron chi connectivity index (χ3n) is 1.31. The normalized spacial score (nSPS) is 12.4. The van der Waals surface area contributed by atoms with E-state index in [9.17, 15) is 17.8 Å². The average molecular weight is 260 g/mol. The summed E-state index contributed by atoms with van der Waals surface area (Å²) in [4.78, 5) is 10.7. The number of hydrogen-bond donors (Lipinski definition) is 0. The van der Waals surface area contributed by atoms with Gasteiger partial charge in [0.2, 0.25) is 0 Å². The molecule has 0 bridgehead atoms. The molecule has 0 fully saturated rings. The molecule has 0 saturated heterocycles. The van der Waals surface area contributed by atoms with E-state index in [2.05, 4.69) is 6.58 Å². The largest absolute Gasteiger partial charge is 1.00 e. The van der Waals surface area contributed by atoms with Gasteiger partial charge in [-0.25, -0.2) is 13.2 Å². The van der Waals surface area contributed by atoms with Gasteiger partial charge in [0.25, 0.3) is 0 Å². The molecule has 0 spiro atoms. The Bertz CT molecular complexity index is 312. The summed E-state index contributed by atoms with van der Waals surface area (Å²) in [6, 6.07) is 0. The van der Waals surface area contributed by atoms with Crippen molar-refractivity contribution in [3.8, 4) is 0 Å². The van der Waals surface area contributed by atoms with Gasteiger partial charge in [-0.15, -0.1) is 0 Å². The minimum absolute atomic E-state index is 0. The molecule has 0 saturated carbocycles.